The van der Waals surface area contributed by atoms with Crippen LogP contribution in [0.1, 0.15) is 5.56 Å². The molecule has 0 aliphatic carbocycles. The molecule has 1 aromatic carbocycles. The number of phenols is 1. The summed E-state index contributed by atoms with van der Waals surface area (Å²) in [6.07, 6.45) is 0.805. The van der Waals surface area contributed by atoms with Gasteiger partial charge in [0.1, 0.15) is 0 Å². The second-order valence-electron chi connectivity index (χ2n) is 2.82. The third-order valence-electron chi connectivity index (χ3n) is 1.95. The quantitative estimate of drug-likeness (QED) is 0.732. The number of benzene rings is 1. The van der Waals surface area contributed by atoms with Gasteiger partial charge in [0, 0.05) is 0 Å². The van der Waals surface area contributed by atoms with Crippen LogP contribution in [0, 0.1) is 0 Å². The van der Waals surface area contributed by atoms with Crippen molar-refractivity contribution in [2.24, 2.45) is 0 Å². The highest BCUT2D eigenvalue weighted by Gasteiger charge is 2.05. The predicted molar refractivity (Wildman–Crippen MR) is 52.3 cm³/mol. The highest BCUT2D eigenvalue weighted by atomic mass is 16.5. The first-order valence-corrected chi connectivity index (χ1v) is 4.29. The van der Waals surface area contributed by atoms with Gasteiger partial charge in [-0.1, -0.05) is 12.1 Å². The minimum atomic E-state index is 0.250. The molecule has 13 heavy (non-hydrogen) atoms. The maximum atomic E-state index is 9.66. The van der Waals surface area contributed by atoms with Gasteiger partial charge >= 0.3 is 0 Å². The van der Waals surface area contributed by atoms with Crippen LogP contribution >= 0.6 is 0 Å². The van der Waals surface area contributed by atoms with Crippen molar-refractivity contribution >= 4 is 0 Å². The molecule has 3 nitrogen and oxygen atoms in total. The lowest BCUT2D eigenvalue weighted by molar-refractivity contribution is 0.370. The molecular weight excluding hydrogens is 166 g/mol. The Balaban J connectivity index is 2.81. The molecule has 1 rings (SSSR count). The summed E-state index contributed by atoms with van der Waals surface area (Å²) >= 11 is 0. The van der Waals surface area contributed by atoms with E-state index in [1.807, 2.05) is 19.2 Å². The highest BCUT2D eigenvalue weighted by Crippen LogP contribution is 2.29. The predicted octanol–water partition coefficient (Wildman–Crippen LogP) is 1.16. The van der Waals surface area contributed by atoms with Gasteiger partial charge < -0.3 is 15.2 Å². The zero-order chi connectivity index (χ0) is 9.68. The molecule has 0 aliphatic rings. The Kier molecular flexibility index (Phi) is 3.58. The van der Waals surface area contributed by atoms with E-state index in [-0.39, 0.29) is 5.75 Å². The van der Waals surface area contributed by atoms with Gasteiger partial charge in [-0.15, -0.1) is 0 Å². The summed E-state index contributed by atoms with van der Waals surface area (Å²) in [7, 11) is 3.44. The highest BCUT2D eigenvalue weighted by molar-refractivity contribution is 5.45. The number of hydrogen-bond acceptors (Lipinski definition) is 3. The minimum Gasteiger partial charge on any atom is -0.504 e. The molecule has 0 spiro atoms. The van der Waals surface area contributed by atoms with Gasteiger partial charge in [-0.05, 0) is 31.6 Å². The third-order valence-corrected chi connectivity index (χ3v) is 1.95. The number of methoxy groups -OCH3 is 1. The summed E-state index contributed by atoms with van der Waals surface area (Å²) in [5, 5.41) is 12.7. The van der Waals surface area contributed by atoms with Crippen LogP contribution in [-0.4, -0.2) is 25.8 Å². The van der Waals surface area contributed by atoms with Crippen molar-refractivity contribution in [3.63, 3.8) is 0 Å². The Morgan fingerprint density at radius 2 is 2.23 bits per heavy atom. The number of ether oxygens (including phenoxy) is 1. The molecule has 0 unspecified atom stereocenters. The largest absolute Gasteiger partial charge is 0.504 e. The van der Waals surface area contributed by atoms with Crippen molar-refractivity contribution < 1.29 is 9.84 Å². The van der Waals surface area contributed by atoms with E-state index in [1.165, 1.54) is 0 Å². The number of nitrogens with one attached hydrogen (secondary N) is 1. The molecule has 0 saturated heterocycles. The smallest absolute Gasteiger partial charge is 0.160 e. The van der Waals surface area contributed by atoms with Crippen LogP contribution in [0.25, 0.3) is 0 Å². The van der Waals surface area contributed by atoms with E-state index < -0.39 is 0 Å². The second kappa shape index (κ2) is 4.72. The Labute approximate surface area is 78.3 Å². The number of aromatic hydroxyl groups is 1. The summed E-state index contributed by atoms with van der Waals surface area (Å²) in [4.78, 5) is 0. The lowest BCUT2D eigenvalue weighted by Crippen LogP contribution is -2.10. The monoisotopic (exact) mass is 181 g/mol. The van der Waals surface area contributed by atoms with Gasteiger partial charge in [0.15, 0.2) is 11.5 Å². The number of phenolic OH excluding ortho intramolecular Hbond substituents is 1. The van der Waals surface area contributed by atoms with Crippen LogP contribution in [0.15, 0.2) is 18.2 Å². The van der Waals surface area contributed by atoms with Crippen LogP contribution in [-0.2, 0) is 6.42 Å². The van der Waals surface area contributed by atoms with Crippen LogP contribution in [0.4, 0.5) is 0 Å². The van der Waals surface area contributed by atoms with Crippen molar-refractivity contribution in [2.75, 3.05) is 20.7 Å². The van der Waals surface area contributed by atoms with Crippen molar-refractivity contribution in [3.05, 3.63) is 23.8 Å². The van der Waals surface area contributed by atoms with E-state index in [1.54, 1.807) is 13.2 Å². The molecule has 0 radical (unpaired) electrons. The van der Waals surface area contributed by atoms with Crippen LogP contribution in [0.5, 0.6) is 11.5 Å². The van der Waals surface area contributed by atoms with Crippen LogP contribution in [0.3, 0.4) is 0 Å². The molecule has 3 heteroatoms. The fourth-order valence-corrected chi connectivity index (χ4v) is 1.19. The number of para-hydroxylation sites is 1. The van der Waals surface area contributed by atoms with Gasteiger partial charge in [-0.2, -0.15) is 0 Å². The van der Waals surface area contributed by atoms with Gasteiger partial charge in [0.25, 0.3) is 0 Å². The number of rotatable bonds is 4. The van der Waals surface area contributed by atoms with E-state index >= 15 is 0 Å². The molecule has 2 N–H and O–H groups in total. The third kappa shape index (κ3) is 2.36. The Hall–Kier alpha value is -1.22. The lowest BCUT2D eigenvalue weighted by atomic mass is 10.1. The standard InChI is InChI=1S/C10H15NO2/c1-11-7-6-8-4-3-5-9(13-2)10(8)12/h3-5,11-12H,6-7H2,1-2H3. The van der Waals surface area contributed by atoms with E-state index in [4.69, 9.17) is 4.74 Å². The molecule has 72 valence electrons. The number of hydrogen-bond donors (Lipinski definition) is 2. The average Bonchev–Trinajstić information content (AvgIpc) is 2.16. The molecule has 0 fully saturated rings. The van der Waals surface area contributed by atoms with E-state index in [0.717, 1.165) is 18.5 Å². The fraction of sp³-hybridized carbons (Fsp3) is 0.400. The van der Waals surface area contributed by atoms with Gasteiger partial charge in [-0.25, -0.2) is 0 Å². The summed E-state index contributed by atoms with van der Waals surface area (Å²) in [5.41, 5.74) is 0.911. The van der Waals surface area contributed by atoms with Crippen molar-refractivity contribution in [2.45, 2.75) is 6.42 Å². The minimum absolute atomic E-state index is 0.250. The molecule has 1 aromatic rings. The number of likely N-dealkylation sites (N-methyl/N-ethyl adjacent to an activating group) is 1. The molecule has 0 heterocycles. The molecule has 0 amide bonds. The first kappa shape index (κ1) is 9.86. The first-order chi connectivity index (χ1) is 6.29. The molecule has 0 aliphatic heterocycles. The second-order valence-corrected chi connectivity index (χ2v) is 2.82. The maximum Gasteiger partial charge on any atom is 0.160 e. The average molecular weight is 181 g/mol. The summed E-state index contributed by atoms with van der Waals surface area (Å²) in [5.74, 6) is 0.786. The van der Waals surface area contributed by atoms with Crippen molar-refractivity contribution in [3.8, 4) is 11.5 Å². The van der Waals surface area contributed by atoms with E-state index in [9.17, 15) is 5.11 Å². The molecule has 0 bridgehead atoms. The van der Waals surface area contributed by atoms with Gasteiger partial charge in [0.2, 0.25) is 0 Å². The van der Waals surface area contributed by atoms with Crippen molar-refractivity contribution in [1.82, 2.24) is 5.32 Å². The van der Waals surface area contributed by atoms with E-state index in [0.29, 0.717) is 5.75 Å². The molecule has 0 aromatic heterocycles. The van der Waals surface area contributed by atoms with E-state index in [2.05, 4.69) is 5.32 Å². The summed E-state index contributed by atoms with van der Waals surface area (Å²) in [6, 6.07) is 5.52. The Morgan fingerprint density at radius 1 is 1.46 bits per heavy atom. The first-order valence-electron chi connectivity index (χ1n) is 4.29. The maximum absolute atomic E-state index is 9.66. The van der Waals surface area contributed by atoms with Crippen molar-refractivity contribution in [1.29, 1.82) is 0 Å². The normalized spacial score (nSPS) is 10.0. The van der Waals surface area contributed by atoms with Gasteiger partial charge in [-0.3, -0.25) is 0 Å². The molecule has 0 atom stereocenters. The topological polar surface area (TPSA) is 41.5 Å². The zero-order valence-corrected chi connectivity index (χ0v) is 8.00. The summed E-state index contributed by atoms with van der Waals surface area (Å²) in [6.45, 7) is 0.848. The van der Waals surface area contributed by atoms with Crippen LogP contribution in [0.2, 0.25) is 0 Å². The Morgan fingerprint density at radius 3 is 2.85 bits per heavy atom. The van der Waals surface area contributed by atoms with Gasteiger partial charge in [0.05, 0.1) is 7.11 Å². The van der Waals surface area contributed by atoms with Crippen LogP contribution < -0.4 is 10.1 Å². The summed E-state index contributed by atoms with van der Waals surface area (Å²) < 4.78 is 5.00. The SMILES string of the molecule is CNCCc1cccc(OC)c1O. The fourth-order valence-electron chi connectivity index (χ4n) is 1.19. The molecule has 0 saturated carbocycles. The zero-order valence-electron chi connectivity index (χ0n) is 8.00. The lowest BCUT2D eigenvalue weighted by Gasteiger charge is -2.07. The molecular formula is C10H15NO2. The Bertz CT molecular complexity index is 274.